The third-order valence-electron chi connectivity index (χ3n) is 6.49. The average molecular weight is 472 g/mol. The van der Waals surface area contributed by atoms with Gasteiger partial charge in [0.1, 0.15) is 19.1 Å². The Bertz CT molecular complexity index is 1070. The van der Waals surface area contributed by atoms with E-state index < -0.39 is 54.9 Å². The van der Waals surface area contributed by atoms with Crippen LogP contribution in [0.25, 0.3) is 11.1 Å². The Kier molecular flexibility index (Phi) is 6.29. The second-order valence-corrected chi connectivity index (χ2v) is 8.92. The molecule has 9 heteroatoms. The van der Waals surface area contributed by atoms with E-state index in [-0.39, 0.29) is 12.5 Å². The molecule has 2 aliphatic carbocycles. The Morgan fingerprint density at radius 2 is 1.62 bits per heavy atom. The summed E-state index contributed by atoms with van der Waals surface area (Å²) < 4.78 is 33.9. The molecule has 0 radical (unpaired) electrons. The van der Waals surface area contributed by atoms with Crippen LogP contribution in [0.3, 0.4) is 0 Å². The molecule has 2 aromatic carbocycles. The molecule has 2 aliphatic rings. The van der Waals surface area contributed by atoms with Crippen LogP contribution in [0.2, 0.25) is 0 Å². The number of benzene rings is 2. The van der Waals surface area contributed by atoms with Crippen LogP contribution < -0.4 is 5.32 Å². The highest BCUT2D eigenvalue weighted by Crippen LogP contribution is 2.55. The molecule has 0 aromatic heterocycles. The number of nitrogens with zero attached hydrogens (tertiary/aromatic N) is 1. The number of hydrogen-bond donors (Lipinski definition) is 2. The molecule has 1 saturated carbocycles. The van der Waals surface area contributed by atoms with E-state index >= 15 is 0 Å². The number of alkyl carbamates (subject to hydrolysis) is 1. The number of carboxylic acids is 1. The zero-order valence-electron chi connectivity index (χ0n) is 18.8. The summed E-state index contributed by atoms with van der Waals surface area (Å²) in [6.07, 6.45) is -0.845. The van der Waals surface area contributed by atoms with Crippen molar-refractivity contribution in [3.63, 3.8) is 0 Å². The van der Waals surface area contributed by atoms with Gasteiger partial charge in [-0.25, -0.2) is 13.6 Å². The number of halogens is 2. The molecule has 1 fully saturated rings. The van der Waals surface area contributed by atoms with E-state index in [1.54, 1.807) is 13.8 Å². The van der Waals surface area contributed by atoms with Crippen LogP contribution in [0, 0.1) is 11.8 Å². The fraction of sp³-hybridized carbons (Fsp3) is 0.400. The van der Waals surface area contributed by atoms with Gasteiger partial charge in [0.05, 0.1) is 5.92 Å². The van der Waals surface area contributed by atoms with Gasteiger partial charge in [-0.05, 0) is 36.1 Å². The summed E-state index contributed by atoms with van der Waals surface area (Å²) in [5.41, 5.74) is 4.20. The highest BCUT2D eigenvalue weighted by atomic mass is 19.3. The number of amides is 2. The summed E-state index contributed by atoms with van der Waals surface area (Å²) in [7, 11) is 0. The fourth-order valence-electron chi connectivity index (χ4n) is 4.66. The highest BCUT2D eigenvalue weighted by molar-refractivity contribution is 5.87. The number of ether oxygens (including phenoxy) is 1. The smallest absolute Gasteiger partial charge is 0.407 e. The van der Waals surface area contributed by atoms with E-state index in [0.29, 0.717) is 0 Å². The Hall–Kier alpha value is -3.49. The van der Waals surface area contributed by atoms with Gasteiger partial charge in [-0.15, -0.1) is 0 Å². The summed E-state index contributed by atoms with van der Waals surface area (Å²) >= 11 is 0. The molecule has 0 spiro atoms. The van der Waals surface area contributed by atoms with Gasteiger partial charge in [-0.3, -0.25) is 9.59 Å². The van der Waals surface area contributed by atoms with Crippen molar-refractivity contribution >= 4 is 18.0 Å². The Morgan fingerprint density at radius 3 is 2.15 bits per heavy atom. The number of alkyl halides is 2. The zero-order chi connectivity index (χ0) is 24.6. The molecule has 7 nitrogen and oxygen atoms in total. The van der Waals surface area contributed by atoms with E-state index in [4.69, 9.17) is 9.84 Å². The van der Waals surface area contributed by atoms with Crippen molar-refractivity contribution in [1.29, 1.82) is 0 Å². The largest absolute Gasteiger partial charge is 0.480 e. The van der Waals surface area contributed by atoms with E-state index in [2.05, 4.69) is 5.32 Å². The molecule has 4 rings (SSSR count). The molecule has 2 atom stereocenters. The van der Waals surface area contributed by atoms with Crippen LogP contribution in [0.1, 0.15) is 30.9 Å². The number of fused-ring (bicyclic) bond motifs is 3. The molecule has 0 heterocycles. The molecule has 2 aromatic rings. The summed E-state index contributed by atoms with van der Waals surface area (Å²) in [4.78, 5) is 36.7. The van der Waals surface area contributed by atoms with Crippen LogP contribution in [0.4, 0.5) is 13.6 Å². The van der Waals surface area contributed by atoms with Crippen LogP contribution in [-0.4, -0.2) is 59.6 Å². The second-order valence-electron chi connectivity index (χ2n) is 8.92. The minimum Gasteiger partial charge on any atom is -0.480 e. The summed E-state index contributed by atoms with van der Waals surface area (Å²) in [5, 5.41) is 11.3. The number of carbonyl (C=O) groups excluding carboxylic acids is 2. The maximum Gasteiger partial charge on any atom is 0.407 e. The van der Waals surface area contributed by atoms with Crippen molar-refractivity contribution < 1.29 is 33.0 Å². The predicted octanol–water partition coefficient (Wildman–Crippen LogP) is 3.73. The monoisotopic (exact) mass is 472 g/mol. The van der Waals surface area contributed by atoms with Crippen molar-refractivity contribution in [2.75, 3.05) is 19.7 Å². The number of rotatable bonds is 8. The van der Waals surface area contributed by atoms with Gasteiger partial charge in [-0.2, -0.15) is 0 Å². The molecule has 34 heavy (non-hydrogen) atoms. The number of carboxylic acid groups (broad SMARTS) is 1. The topological polar surface area (TPSA) is 95.9 Å². The van der Waals surface area contributed by atoms with Gasteiger partial charge in [-0.1, -0.05) is 48.5 Å². The average Bonchev–Trinajstić information content (AvgIpc) is 3.20. The van der Waals surface area contributed by atoms with Gasteiger partial charge >= 0.3 is 12.1 Å². The highest BCUT2D eigenvalue weighted by Gasteiger charge is 2.72. The molecule has 0 aliphatic heterocycles. The summed E-state index contributed by atoms with van der Waals surface area (Å²) in [6.45, 7) is 2.06. The van der Waals surface area contributed by atoms with Crippen molar-refractivity contribution in [1.82, 2.24) is 10.2 Å². The molecule has 0 saturated heterocycles. The predicted molar refractivity (Wildman–Crippen MR) is 119 cm³/mol. The molecule has 2 N–H and O–H groups in total. The minimum absolute atomic E-state index is 0.0447. The molecule has 0 bridgehead atoms. The number of carbonyl (C=O) groups is 3. The van der Waals surface area contributed by atoms with E-state index in [1.165, 1.54) is 0 Å². The molecular formula is C25H26F2N2O5. The quantitative estimate of drug-likeness (QED) is 0.611. The number of aliphatic carboxylic acids is 1. The first-order chi connectivity index (χ1) is 16.1. The lowest BCUT2D eigenvalue weighted by molar-refractivity contribution is -0.147. The van der Waals surface area contributed by atoms with Gasteiger partial charge in [0, 0.05) is 18.5 Å². The summed E-state index contributed by atoms with van der Waals surface area (Å²) in [6, 6.07) is 15.1. The lowest BCUT2D eigenvalue weighted by Gasteiger charge is -2.25. The van der Waals surface area contributed by atoms with Crippen LogP contribution in [0.15, 0.2) is 48.5 Å². The normalized spacial score (nSPS) is 19.8. The SMILES string of the molecule is CC(C)N(CC(=O)O)C(=O)C1C(CNC(=O)OCC2c3ccccc3-c3ccccc32)C1(F)F. The number of nitrogens with one attached hydrogen (secondary N) is 1. The zero-order valence-corrected chi connectivity index (χ0v) is 18.8. The minimum atomic E-state index is -3.32. The van der Waals surface area contributed by atoms with Crippen LogP contribution in [-0.2, 0) is 14.3 Å². The van der Waals surface area contributed by atoms with Crippen LogP contribution in [0.5, 0.6) is 0 Å². The first-order valence-electron chi connectivity index (χ1n) is 11.1. The van der Waals surface area contributed by atoms with Gasteiger partial charge in [0.15, 0.2) is 0 Å². The van der Waals surface area contributed by atoms with Crippen molar-refractivity contribution in [3.8, 4) is 11.1 Å². The van der Waals surface area contributed by atoms with E-state index in [1.807, 2.05) is 48.5 Å². The van der Waals surface area contributed by atoms with Crippen molar-refractivity contribution in [2.45, 2.75) is 31.7 Å². The Morgan fingerprint density at radius 1 is 1.06 bits per heavy atom. The van der Waals surface area contributed by atoms with Crippen molar-refractivity contribution in [2.24, 2.45) is 11.8 Å². The van der Waals surface area contributed by atoms with Gasteiger partial charge in [0.25, 0.3) is 5.92 Å². The van der Waals surface area contributed by atoms with E-state index in [9.17, 15) is 23.2 Å². The first-order valence-corrected chi connectivity index (χ1v) is 11.1. The maximum atomic E-state index is 14.3. The third-order valence-corrected chi connectivity index (χ3v) is 6.49. The Labute approximate surface area is 195 Å². The van der Waals surface area contributed by atoms with Crippen LogP contribution >= 0.6 is 0 Å². The second kappa shape index (κ2) is 9.04. The lowest BCUT2D eigenvalue weighted by atomic mass is 9.98. The summed E-state index contributed by atoms with van der Waals surface area (Å²) in [5.74, 6) is -8.76. The van der Waals surface area contributed by atoms with E-state index in [0.717, 1.165) is 27.2 Å². The van der Waals surface area contributed by atoms with Crippen molar-refractivity contribution in [3.05, 3.63) is 59.7 Å². The molecule has 180 valence electrons. The molecule has 2 amide bonds. The number of hydrogen-bond acceptors (Lipinski definition) is 4. The molecular weight excluding hydrogens is 446 g/mol. The van der Waals surface area contributed by atoms with Gasteiger partial charge in [0.2, 0.25) is 5.91 Å². The first kappa shape index (κ1) is 23.7. The Balaban J connectivity index is 1.34. The third kappa shape index (κ3) is 4.34. The molecule has 2 unspecified atom stereocenters. The maximum absolute atomic E-state index is 14.3. The van der Waals surface area contributed by atoms with Gasteiger partial charge < -0.3 is 20.1 Å². The lowest BCUT2D eigenvalue weighted by Crippen LogP contribution is -2.42. The standard InChI is InChI=1S/C25H26F2N2O5/c1-14(2)29(12-21(30)31)23(32)22-20(25(22,26)27)11-28-24(33)34-13-19-17-9-5-3-7-15(17)16-8-4-6-10-18(16)19/h3-10,14,19-20,22H,11-13H2,1-2H3,(H,28,33)(H,30,31). The fourth-order valence-corrected chi connectivity index (χ4v) is 4.66.